The van der Waals surface area contributed by atoms with Gasteiger partial charge in [0.15, 0.2) is 0 Å². The van der Waals surface area contributed by atoms with Crippen molar-refractivity contribution in [1.29, 1.82) is 0 Å². The predicted molar refractivity (Wildman–Crippen MR) is 131 cm³/mol. The summed E-state index contributed by atoms with van der Waals surface area (Å²) in [6, 6.07) is 4.20. The third-order valence-corrected chi connectivity index (χ3v) is 8.39. The maximum Gasteiger partial charge on any atom is 0.410 e. The third kappa shape index (κ3) is 4.85. The number of piperidine rings is 2. The van der Waals surface area contributed by atoms with E-state index in [1.807, 2.05) is 23.8 Å². The molecule has 2 amide bonds. The summed E-state index contributed by atoms with van der Waals surface area (Å²) in [4.78, 5) is 31.6. The third-order valence-electron chi connectivity index (χ3n) is 7.80. The Labute approximate surface area is 207 Å². The van der Waals surface area contributed by atoms with Crippen LogP contribution in [0.15, 0.2) is 12.1 Å². The van der Waals surface area contributed by atoms with Crippen molar-refractivity contribution in [3.8, 4) is 0 Å². The van der Waals surface area contributed by atoms with Crippen molar-refractivity contribution in [2.75, 3.05) is 33.2 Å². The summed E-state index contributed by atoms with van der Waals surface area (Å²) in [6.45, 7) is 7.35. The Morgan fingerprint density at radius 3 is 2.30 bits per heavy atom. The van der Waals surface area contributed by atoms with Gasteiger partial charge in [-0.15, -0.1) is 0 Å². The lowest BCUT2D eigenvalue weighted by atomic mass is 9.81. The van der Waals surface area contributed by atoms with Gasteiger partial charge in [0.2, 0.25) is 0 Å². The van der Waals surface area contributed by atoms with E-state index in [-0.39, 0.29) is 23.6 Å². The molecule has 0 N–H and O–H groups in total. The number of unbranched alkanes of at least 4 members (excludes halogenated alkanes) is 1. The number of nitrogens with zero attached hydrogens (tertiary/aromatic N) is 3. The number of rotatable bonds is 5. The molecule has 1 atom stereocenters. The number of ether oxygens (including phenoxy) is 1. The average molecular weight is 496 g/mol. The maximum absolute atomic E-state index is 13.1. The molecule has 4 rings (SSSR count). The minimum absolute atomic E-state index is 0.0827. The van der Waals surface area contributed by atoms with Crippen molar-refractivity contribution in [2.45, 2.75) is 76.5 Å². The van der Waals surface area contributed by atoms with E-state index in [1.54, 1.807) is 12.1 Å². The molecule has 0 saturated carbocycles. The molecule has 3 fully saturated rings. The normalized spacial score (nSPS) is 23.9. The van der Waals surface area contributed by atoms with Gasteiger partial charge in [0.25, 0.3) is 5.91 Å². The zero-order valence-corrected chi connectivity index (χ0v) is 21.4. The van der Waals surface area contributed by atoms with Gasteiger partial charge in [0, 0.05) is 52.1 Å². The summed E-state index contributed by atoms with van der Waals surface area (Å²) in [5, 5.41) is 0.837. The molecule has 0 bridgehead atoms. The van der Waals surface area contributed by atoms with Gasteiger partial charge in [0.05, 0.1) is 21.7 Å². The van der Waals surface area contributed by atoms with Gasteiger partial charge in [-0.25, -0.2) is 4.79 Å². The first-order valence-corrected chi connectivity index (χ1v) is 13.0. The smallest absolute Gasteiger partial charge is 0.410 e. The molecule has 1 aromatic rings. The Morgan fingerprint density at radius 2 is 1.73 bits per heavy atom. The molecule has 33 heavy (non-hydrogen) atoms. The van der Waals surface area contributed by atoms with Gasteiger partial charge < -0.3 is 14.5 Å². The minimum atomic E-state index is -0.340. The van der Waals surface area contributed by atoms with E-state index >= 15 is 0 Å². The van der Waals surface area contributed by atoms with Gasteiger partial charge in [0.1, 0.15) is 5.60 Å². The van der Waals surface area contributed by atoms with Crippen LogP contribution in [0.25, 0.3) is 0 Å². The molecule has 6 nitrogen and oxygen atoms in total. The Morgan fingerprint density at radius 1 is 1.12 bits per heavy atom. The molecule has 1 unspecified atom stereocenters. The zero-order chi connectivity index (χ0) is 23.8. The highest BCUT2D eigenvalue weighted by atomic mass is 35.5. The van der Waals surface area contributed by atoms with Gasteiger partial charge in [-0.3, -0.25) is 9.69 Å². The van der Waals surface area contributed by atoms with Crippen molar-refractivity contribution >= 4 is 35.2 Å². The molecule has 3 heterocycles. The molecule has 3 saturated heterocycles. The average Bonchev–Trinajstić information content (AvgIpc) is 3.01. The van der Waals surface area contributed by atoms with E-state index in [4.69, 9.17) is 27.9 Å². The van der Waals surface area contributed by atoms with E-state index in [0.717, 1.165) is 63.6 Å². The summed E-state index contributed by atoms with van der Waals surface area (Å²) >= 11 is 12.7. The lowest BCUT2D eigenvalue weighted by molar-refractivity contribution is -0.0375. The van der Waals surface area contributed by atoms with E-state index < -0.39 is 0 Å². The highest BCUT2D eigenvalue weighted by molar-refractivity contribution is 6.39. The van der Waals surface area contributed by atoms with Gasteiger partial charge in [-0.1, -0.05) is 43.0 Å². The SMILES string of the molecule is CCCCC1N(C)C(=O)OC12CCN(C1CCN(C(=O)c3c(Cl)cc(C)cc3Cl)CC1)CC2. The molecule has 3 aliphatic heterocycles. The Kier molecular flexibility index (Phi) is 7.47. The fourth-order valence-corrected chi connectivity index (χ4v) is 6.61. The van der Waals surface area contributed by atoms with Crippen molar-refractivity contribution in [2.24, 2.45) is 0 Å². The van der Waals surface area contributed by atoms with E-state index in [0.29, 0.717) is 34.7 Å². The van der Waals surface area contributed by atoms with Gasteiger partial charge >= 0.3 is 6.09 Å². The molecule has 0 aliphatic carbocycles. The molecule has 1 spiro atoms. The number of hydrogen-bond donors (Lipinski definition) is 0. The number of benzene rings is 1. The Hall–Kier alpha value is -1.50. The fourth-order valence-electron chi connectivity index (χ4n) is 5.85. The van der Waals surface area contributed by atoms with Crippen LogP contribution in [0.2, 0.25) is 10.0 Å². The standard InChI is InChI=1S/C25H35Cl2N3O3/c1-4-5-6-21-25(33-24(32)28(21)3)9-13-29(14-10-25)18-7-11-30(12-8-18)23(31)22-19(26)15-17(2)16-20(22)27/h15-16,18,21H,4-14H2,1-3H3. The number of likely N-dealkylation sites (N-methyl/N-ethyl adjacent to an activating group) is 1. The van der Waals surface area contributed by atoms with Crippen LogP contribution in [-0.4, -0.2) is 77.6 Å². The summed E-state index contributed by atoms with van der Waals surface area (Å²) in [5.74, 6) is -0.0827. The monoisotopic (exact) mass is 495 g/mol. The number of likely N-dealkylation sites (tertiary alicyclic amines) is 2. The minimum Gasteiger partial charge on any atom is -0.440 e. The second-order valence-corrected chi connectivity index (χ2v) is 10.7. The molecule has 0 radical (unpaired) electrons. The van der Waals surface area contributed by atoms with Crippen LogP contribution in [-0.2, 0) is 4.74 Å². The largest absolute Gasteiger partial charge is 0.440 e. The highest BCUT2D eigenvalue weighted by Gasteiger charge is 2.53. The lowest BCUT2D eigenvalue weighted by Crippen LogP contribution is -2.55. The molecule has 0 aromatic heterocycles. The second-order valence-electron chi connectivity index (χ2n) is 9.86. The summed E-state index contributed by atoms with van der Waals surface area (Å²) in [6.07, 6.45) is 6.68. The van der Waals surface area contributed by atoms with Crippen LogP contribution in [0.1, 0.15) is 67.8 Å². The first-order chi connectivity index (χ1) is 15.8. The summed E-state index contributed by atoms with van der Waals surface area (Å²) in [5.41, 5.74) is 1.01. The van der Waals surface area contributed by atoms with Crippen LogP contribution in [0.3, 0.4) is 0 Å². The summed E-state index contributed by atoms with van der Waals surface area (Å²) in [7, 11) is 1.88. The first-order valence-electron chi connectivity index (χ1n) is 12.2. The second kappa shape index (κ2) is 10.0. The van der Waals surface area contributed by atoms with E-state index in [9.17, 15) is 9.59 Å². The van der Waals surface area contributed by atoms with Crippen LogP contribution in [0, 0.1) is 6.92 Å². The van der Waals surface area contributed by atoms with Crippen LogP contribution in [0.5, 0.6) is 0 Å². The van der Waals surface area contributed by atoms with Crippen molar-refractivity contribution in [3.05, 3.63) is 33.3 Å². The quantitative estimate of drug-likeness (QED) is 0.549. The predicted octanol–water partition coefficient (Wildman–Crippen LogP) is 5.38. The molecular formula is C25H35Cl2N3O3. The maximum atomic E-state index is 13.1. The van der Waals surface area contributed by atoms with Crippen molar-refractivity contribution in [1.82, 2.24) is 14.7 Å². The molecule has 3 aliphatic rings. The summed E-state index contributed by atoms with van der Waals surface area (Å²) < 4.78 is 5.96. The van der Waals surface area contributed by atoms with Crippen molar-refractivity contribution in [3.63, 3.8) is 0 Å². The topological polar surface area (TPSA) is 53.1 Å². The highest BCUT2D eigenvalue weighted by Crippen LogP contribution is 2.41. The molecular weight excluding hydrogens is 461 g/mol. The number of carbonyl (C=O) groups excluding carboxylic acids is 2. The van der Waals surface area contributed by atoms with Crippen LogP contribution in [0.4, 0.5) is 4.79 Å². The first kappa shape index (κ1) is 24.6. The van der Waals surface area contributed by atoms with Gasteiger partial charge in [-0.05, 0) is 43.9 Å². The number of carbonyl (C=O) groups is 2. The van der Waals surface area contributed by atoms with Gasteiger partial charge in [-0.2, -0.15) is 0 Å². The Bertz CT molecular complexity index is 870. The number of halogens is 2. The number of aryl methyl sites for hydroxylation is 1. The van der Waals surface area contributed by atoms with Crippen LogP contribution < -0.4 is 0 Å². The molecule has 182 valence electrons. The fraction of sp³-hybridized carbons (Fsp3) is 0.680. The molecule has 1 aromatic carbocycles. The zero-order valence-electron chi connectivity index (χ0n) is 19.9. The van der Waals surface area contributed by atoms with E-state index in [1.165, 1.54) is 0 Å². The Balaban J connectivity index is 1.34. The van der Waals surface area contributed by atoms with Crippen molar-refractivity contribution < 1.29 is 14.3 Å². The van der Waals surface area contributed by atoms with E-state index in [2.05, 4.69) is 11.8 Å². The molecule has 8 heteroatoms. The number of amides is 2. The van der Waals surface area contributed by atoms with Crippen LogP contribution >= 0.6 is 23.2 Å². The lowest BCUT2D eigenvalue weighted by Gasteiger charge is -2.46. The number of hydrogen-bond acceptors (Lipinski definition) is 4.